The van der Waals surface area contributed by atoms with Gasteiger partial charge in [-0.3, -0.25) is 4.90 Å². The van der Waals surface area contributed by atoms with E-state index in [1.807, 2.05) is 12.1 Å². The average Bonchev–Trinajstić information content (AvgIpc) is 3.01. The monoisotopic (exact) mass is 398 g/mol. The number of aryl methyl sites for hydroxylation is 2. The zero-order valence-electron chi connectivity index (χ0n) is 14.9. The van der Waals surface area contributed by atoms with Crippen molar-refractivity contribution in [1.82, 2.24) is 9.21 Å². The van der Waals surface area contributed by atoms with Crippen LogP contribution in [0.15, 0.2) is 23.1 Å². The van der Waals surface area contributed by atoms with Gasteiger partial charge in [0.2, 0.25) is 10.0 Å². The Kier molecular flexibility index (Phi) is 4.88. The van der Waals surface area contributed by atoms with Crippen LogP contribution >= 0.6 is 0 Å². The largest absolute Gasteiger partial charge is 0.297 e. The molecule has 144 valence electrons. The van der Waals surface area contributed by atoms with Crippen LogP contribution in [-0.2, 0) is 32.7 Å². The highest BCUT2D eigenvalue weighted by molar-refractivity contribution is 7.91. The van der Waals surface area contributed by atoms with Gasteiger partial charge in [0.25, 0.3) is 0 Å². The van der Waals surface area contributed by atoms with Gasteiger partial charge in [0.1, 0.15) is 0 Å². The summed E-state index contributed by atoms with van der Waals surface area (Å²) in [5.41, 5.74) is 2.45. The molecule has 0 radical (unpaired) electrons. The van der Waals surface area contributed by atoms with Gasteiger partial charge in [0.15, 0.2) is 9.84 Å². The molecule has 0 N–H and O–H groups in total. The quantitative estimate of drug-likeness (QED) is 0.761. The van der Waals surface area contributed by atoms with Crippen LogP contribution in [0.3, 0.4) is 0 Å². The van der Waals surface area contributed by atoms with E-state index in [9.17, 15) is 16.8 Å². The smallest absolute Gasteiger partial charge is 0.243 e. The predicted octanol–water partition coefficient (Wildman–Crippen LogP) is 1.06. The van der Waals surface area contributed by atoms with E-state index in [1.165, 1.54) is 17.5 Å². The maximum Gasteiger partial charge on any atom is 0.243 e. The van der Waals surface area contributed by atoms with Gasteiger partial charge in [0, 0.05) is 32.2 Å². The van der Waals surface area contributed by atoms with E-state index in [0.29, 0.717) is 37.5 Å². The summed E-state index contributed by atoms with van der Waals surface area (Å²) in [5.74, 6) is 0.468. The Bertz CT molecular complexity index is 888. The molecule has 2 heterocycles. The summed E-state index contributed by atoms with van der Waals surface area (Å²) in [6, 6.07) is 5.63. The Morgan fingerprint density at radius 1 is 0.962 bits per heavy atom. The van der Waals surface area contributed by atoms with Gasteiger partial charge >= 0.3 is 0 Å². The standard InChI is InChI=1S/C18H26N2O4S2/c21-25(22)12-7-17(14-25)19-8-10-20(11-9-19)26(23,24)18-6-5-15-3-1-2-4-16(15)13-18/h5-6,13,17H,1-4,7-12,14H2/t17-/m0/s1. The summed E-state index contributed by atoms with van der Waals surface area (Å²) in [7, 11) is -6.39. The van der Waals surface area contributed by atoms with Crippen molar-refractivity contribution >= 4 is 19.9 Å². The molecule has 1 aromatic carbocycles. The number of sulfone groups is 1. The molecule has 2 fully saturated rings. The maximum atomic E-state index is 13.0. The molecule has 8 heteroatoms. The topological polar surface area (TPSA) is 74.8 Å². The normalized spacial score (nSPS) is 27.3. The third-order valence-electron chi connectivity index (χ3n) is 5.96. The van der Waals surface area contributed by atoms with Crippen molar-refractivity contribution < 1.29 is 16.8 Å². The van der Waals surface area contributed by atoms with E-state index in [2.05, 4.69) is 4.90 Å². The Morgan fingerprint density at radius 3 is 2.31 bits per heavy atom. The molecule has 1 atom stereocenters. The van der Waals surface area contributed by atoms with Crippen LogP contribution in [0.4, 0.5) is 0 Å². The second kappa shape index (κ2) is 6.89. The average molecular weight is 399 g/mol. The molecule has 0 aromatic heterocycles. The molecule has 0 bridgehead atoms. The van der Waals surface area contributed by atoms with Crippen molar-refractivity contribution in [2.24, 2.45) is 0 Å². The summed E-state index contributed by atoms with van der Waals surface area (Å²) in [5, 5.41) is 0. The lowest BCUT2D eigenvalue weighted by Gasteiger charge is -2.37. The minimum Gasteiger partial charge on any atom is -0.297 e. The minimum atomic E-state index is -3.48. The van der Waals surface area contributed by atoms with Crippen molar-refractivity contribution in [2.45, 2.75) is 43.0 Å². The number of piperazine rings is 1. The van der Waals surface area contributed by atoms with Gasteiger partial charge in [-0.15, -0.1) is 0 Å². The maximum absolute atomic E-state index is 13.0. The SMILES string of the molecule is O=S1(=O)CC[C@H](N2CCN(S(=O)(=O)c3ccc4c(c3)CCCC4)CC2)C1. The Balaban J connectivity index is 1.45. The first-order valence-electron chi connectivity index (χ1n) is 9.42. The van der Waals surface area contributed by atoms with Gasteiger partial charge in [0.05, 0.1) is 16.4 Å². The molecule has 2 aliphatic heterocycles. The third kappa shape index (κ3) is 3.56. The molecule has 3 aliphatic rings. The number of hydrogen-bond donors (Lipinski definition) is 0. The number of benzene rings is 1. The highest BCUT2D eigenvalue weighted by atomic mass is 32.2. The molecule has 26 heavy (non-hydrogen) atoms. The lowest BCUT2D eigenvalue weighted by Crippen LogP contribution is -2.52. The zero-order valence-corrected chi connectivity index (χ0v) is 16.6. The molecule has 0 unspecified atom stereocenters. The fourth-order valence-corrected chi connectivity index (χ4v) is 7.63. The molecular formula is C18H26N2O4S2. The van der Waals surface area contributed by atoms with E-state index in [1.54, 1.807) is 10.4 Å². The van der Waals surface area contributed by atoms with Crippen LogP contribution in [0.25, 0.3) is 0 Å². The number of nitrogens with zero attached hydrogens (tertiary/aromatic N) is 2. The first-order valence-corrected chi connectivity index (χ1v) is 12.7. The van der Waals surface area contributed by atoms with Gasteiger partial charge in [-0.2, -0.15) is 4.31 Å². The van der Waals surface area contributed by atoms with E-state index in [0.717, 1.165) is 19.3 Å². The first kappa shape index (κ1) is 18.4. The van der Waals surface area contributed by atoms with E-state index in [-0.39, 0.29) is 17.5 Å². The molecule has 0 amide bonds. The first-order chi connectivity index (χ1) is 12.4. The summed E-state index contributed by atoms with van der Waals surface area (Å²) in [4.78, 5) is 2.54. The third-order valence-corrected chi connectivity index (χ3v) is 9.60. The zero-order chi connectivity index (χ0) is 18.4. The number of hydrogen-bond acceptors (Lipinski definition) is 5. The Morgan fingerprint density at radius 2 is 1.65 bits per heavy atom. The molecule has 0 spiro atoms. The molecule has 0 saturated carbocycles. The van der Waals surface area contributed by atoms with E-state index >= 15 is 0 Å². The van der Waals surface area contributed by atoms with E-state index < -0.39 is 19.9 Å². The lowest BCUT2D eigenvalue weighted by atomic mass is 9.92. The number of rotatable bonds is 3. The summed E-state index contributed by atoms with van der Waals surface area (Å²) < 4.78 is 50.9. The van der Waals surface area contributed by atoms with Crippen molar-refractivity contribution in [1.29, 1.82) is 0 Å². The van der Waals surface area contributed by atoms with Gasteiger partial charge in [-0.1, -0.05) is 6.07 Å². The van der Waals surface area contributed by atoms with Gasteiger partial charge in [-0.25, -0.2) is 16.8 Å². The molecule has 1 aromatic rings. The van der Waals surface area contributed by atoms with Crippen molar-refractivity contribution in [3.63, 3.8) is 0 Å². The van der Waals surface area contributed by atoms with Crippen molar-refractivity contribution in [3.05, 3.63) is 29.3 Å². The molecule has 1 aliphatic carbocycles. The number of fused-ring (bicyclic) bond motifs is 1. The second-order valence-corrected chi connectivity index (χ2v) is 11.8. The van der Waals surface area contributed by atoms with Crippen LogP contribution < -0.4 is 0 Å². The van der Waals surface area contributed by atoms with Crippen LogP contribution in [0, 0.1) is 0 Å². The second-order valence-electron chi connectivity index (χ2n) is 7.63. The fourth-order valence-electron chi connectivity index (χ4n) is 4.39. The summed E-state index contributed by atoms with van der Waals surface area (Å²) in [6.07, 6.45) is 4.97. The Labute approximate surface area is 156 Å². The van der Waals surface area contributed by atoms with Gasteiger partial charge in [-0.05, 0) is 55.4 Å². The molecule has 6 nitrogen and oxygen atoms in total. The minimum absolute atomic E-state index is 0.0496. The Hall–Kier alpha value is -0.960. The summed E-state index contributed by atoms with van der Waals surface area (Å²) in [6.45, 7) is 2.06. The highest BCUT2D eigenvalue weighted by Crippen LogP contribution is 2.27. The fraction of sp³-hybridized carbons (Fsp3) is 0.667. The van der Waals surface area contributed by atoms with Crippen molar-refractivity contribution in [3.8, 4) is 0 Å². The van der Waals surface area contributed by atoms with Crippen molar-refractivity contribution in [2.75, 3.05) is 37.7 Å². The molecule has 2 saturated heterocycles. The van der Waals surface area contributed by atoms with Crippen LogP contribution in [0.1, 0.15) is 30.4 Å². The van der Waals surface area contributed by atoms with E-state index in [4.69, 9.17) is 0 Å². The highest BCUT2D eigenvalue weighted by Gasteiger charge is 2.36. The lowest BCUT2D eigenvalue weighted by molar-refractivity contribution is 0.148. The van der Waals surface area contributed by atoms with Crippen LogP contribution in [-0.4, -0.2) is 69.8 Å². The molecular weight excluding hydrogens is 372 g/mol. The van der Waals surface area contributed by atoms with Crippen LogP contribution in [0.5, 0.6) is 0 Å². The predicted molar refractivity (Wildman–Crippen MR) is 100 cm³/mol. The van der Waals surface area contributed by atoms with Gasteiger partial charge < -0.3 is 0 Å². The molecule has 4 rings (SSSR count). The summed E-state index contributed by atoms with van der Waals surface area (Å²) >= 11 is 0. The number of sulfonamides is 1. The van der Waals surface area contributed by atoms with Crippen LogP contribution in [0.2, 0.25) is 0 Å².